The summed E-state index contributed by atoms with van der Waals surface area (Å²) in [5.74, 6) is 3.18. The largest absolute Gasteiger partial charge is 0.359 e. The molecule has 0 spiro atoms. The first-order chi connectivity index (χ1) is 11.8. The summed E-state index contributed by atoms with van der Waals surface area (Å²) in [6, 6.07) is 13.2. The second-order valence-corrected chi connectivity index (χ2v) is 7.20. The molecule has 1 fully saturated rings. The van der Waals surface area contributed by atoms with Crippen LogP contribution in [0.25, 0.3) is 11.3 Å². The minimum Gasteiger partial charge on any atom is -0.359 e. The Bertz CT molecular complexity index is 798. The third-order valence-electron chi connectivity index (χ3n) is 4.34. The van der Waals surface area contributed by atoms with E-state index in [1.807, 2.05) is 37.3 Å². The fraction of sp³-hybridized carbons (Fsp3) is 0.333. The van der Waals surface area contributed by atoms with Gasteiger partial charge in [0.1, 0.15) is 5.69 Å². The van der Waals surface area contributed by atoms with Gasteiger partial charge >= 0.3 is 0 Å². The highest BCUT2D eigenvalue weighted by Crippen LogP contribution is 2.31. The lowest BCUT2D eigenvalue weighted by molar-refractivity contribution is 0.187. The van der Waals surface area contributed by atoms with Crippen LogP contribution in [-0.4, -0.2) is 37.9 Å². The second kappa shape index (κ2) is 6.83. The Morgan fingerprint density at radius 1 is 1.29 bits per heavy atom. The van der Waals surface area contributed by atoms with E-state index in [1.165, 1.54) is 5.56 Å². The van der Waals surface area contributed by atoms with Gasteiger partial charge in [0.25, 0.3) is 0 Å². The highest BCUT2D eigenvalue weighted by molar-refractivity contribution is 7.99. The van der Waals surface area contributed by atoms with E-state index in [4.69, 9.17) is 4.52 Å². The summed E-state index contributed by atoms with van der Waals surface area (Å²) < 4.78 is 7.35. The fourth-order valence-corrected chi connectivity index (χ4v) is 4.24. The Morgan fingerprint density at radius 2 is 2.17 bits per heavy atom. The van der Waals surface area contributed by atoms with E-state index in [0.29, 0.717) is 6.04 Å². The van der Waals surface area contributed by atoms with Gasteiger partial charge in [-0.05, 0) is 5.56 Å². The lowest BCUT2D eigenvalue weighted by Crippen LogP contribution is -2.35. The molecule has 0 amide bonds. The van der Waals surface area contributed by atoms with E-state index in [0.717, 1.165) is 41.6 Å². The topological polar surface area (TPSA) is 47.1 Å². The molecule has 24 heavy (non-hydrogen) atoms. The quantitative estimate of drug-likeness (QED) is 0.729. The standard InChI is InChI=1S/C18H20N4OS/c1-21-11-15(10-19-21)17-9-16(23-20-17)12-22-7-8-24-13-18(22)14-5-3-2-4-6-14/h2-6,9-11,18H,7-8,12-13H2,1H3/t18-/m1/s1. The molecule has 0 N–H and O–H groups in total. The van der Waals surface area contributed by atoms with Crippen LogP contribution in [0.2, 0.25) is 0 Å². The third kappa shape index (κ3) is 3.25. The zero-order valence-corrected chi connectivity index (χ0v) is 14.4. The van der Waals surface area contributed by atoms with Crippen LogP contribution in [0.15, 0.2) is 53.3 Å². The van der Waals surface area contributed by atoms with Crippen molar-refractivity contribution in [1.82, 2.24) is 19.8 Å². The molecule has 1 atom stereocenters. The van der Waals surface area contributed by atoms with Crippen LogP contribution in [0.1, 0.15) is 17.4 Å². The zero-order valence-electron chi connectivity index (χ0n) is 13.6. The van der Waals surface area contributed by atoms with Gasteiger partial charge in [0, 0.05) is 49.0 Å². The lowest BCUT2D eigenvalue weighted by Gasteiger charge is -2.34. The smallest absolute Gasteiger partial charge is 0.151 e. The van der Waals surface area contributed by atoms with Crippen LogP contribution < -0.4 is 0 Å². The predicted molar refractivity (Wildman–Crippen MR) is 95.6 cm³/mol. The van der Waals surface area contributed by atoms with Gasteiger partial charge in [-0.15, -0.1) is 0 Å². The highest BCUT2D eigenvalue weighted by Gasteiger charge is 2.25. The van der Waals surface area contributed by atoms with Gasteiger partial charge < -0.3 is 4.52 Å². The minimum atomic E-state index is 0.428. The molecule has 0 radical (unpaired) electrons. The Balaban J connectivity index is 1.52. The SMILES string of the molecule is Cn1cc(-c2cc(CN3CCSC[C@@H]3c3ccccc3)on2)cn1. The molecule has 0 saturated carbocycles. The van der Waals surface area contributed by atoms with E-state index in [-0.39, 0.29) is 0 Å². The summed E-state index contributed by atoms with van der Waals surface area (Å²) in [5, 5.41) is 8.39. The summed E-state index contributed by atoms with van der Waals surface area (Å²) in [7, 11) is 1.90. The van der Waals surface area contributed by atoms with E-state index in [9.17, 15) is 0 Å². The number of hydrogen-bond acceptors (Lipinski definition) is 5. The first-order valence-electron chi connectivity index (χ1n) is 8.11. The number of aromatic nitrogens is 3. The maximum absolute atomic E-state index is 5.58. The Labute approximate surface area is 145 Å². The molecule has 1 aromatic carbocycles. The van der Waals surface area contributed by atoms with Crippen molar-refractivity contribution in [2.45, 2.75) is 12.6 Å². The van der Waals surface area contributed by atoms with Crippen molar-refractivity contribution in [3.05, 3.63) is 60.1 Å². The molecule has 0 bridgehead atoms. The second-order valence-electron chi connectivity index (χ2n) is 6.05. The van der Waals surface area contributed by atoms with Crippen molar-refractivity contribution < 1.29 is 4.52 Å². The van der Waals surface area contributed by atoms with Gasteiger partial charge in [0.05, 0.1) is 12.7 Å². The van der Waals surface area contributed by atoms with Gasteiger partial charge in [0.15, 0.2) is 5.76 Å². The molecule has 2 aromatic heterocycles. The molecule has 124 valence electrons. The van der Waals surface area contributed by atoms with Gasteiger partial charge in [-0.1, -0.05) is 35.5 Å². The highest BCUT2D eigenvalue weighted by atomic mass is 32.2. The Hall–Kier alpha value is -2.05. The molecule has 6 heteroatoms. The molecule has 3 aromatic rings. The van der Waals surface area contributed by atoms with Crippen molar-refractivity contribution in [3.8, 4) is 11.3 Å². The number of aryl methyl sites for hydroxylation is 1. The molecular formula is C18H20N4OS. The number of benzene rings is 1. The van der Waals surface area contributed by atoms with Crippen molar-refractivity contribution in [3.63, 3.8) is 0 Å². The number of nitrogens with zero attached hydrogens (tertiary/aromatic N) is 4. The summed E-state index contributed by atoms with van der Waals surface area (Å²) in [6.45, 7) is 1.85. The molecule has 5 nitrogen and oxygen atoms in total. The van der Waals surface area contributed by atoms with Crippen LogP contribution >= 0.6 is 11.8 Å². The van der Waals surface area contributed by atoms with Crippen molar-refractivity contribution >= 4 is 11.8 Å². The number of hydrogen-bond donors (Lipinski definition) is 0. The van der Waals surface area contributed by atoms with Crippen molar-refractivity contribution in [1.29, 1.82) is 0 Å². The predicted octanol–water partition coefficient (Wildman–Crippen LogP) is 3.37. The summed E-state index contributed by atoms with van der Waals surface area (Å²) in [6.07, 6.45) is 3.76. The van der Waals surface area contributed by atoms with Crippen LogP contribution in [0, 0.1) is 0 Å². The molecular weight excluding hydrogens is 320 g/mol. The Kier molecular flexibility index (Phi) is 4.40. The molecule has 0 aliphatic carbocycles. The first kappa shape index (κ1) is 15.5. The molecule has 1 aliphatic heterocycles. The van der Waals surface area contributed by atoms with Crippen LogP contribution in [-0.2, 0) is 13.6 Å². The van der Waals surface area contributed by atoms with E-state index in [1.54, 1.807) is 4.68 Å². The normalized spacial score (nSPS) is 18.8. The maximum Gasteiger partial charge on any atom is 0.151 e. The van der Waals surface area contributed by atoms with E-state index >= 15 is 0 Å². The van der Waals surface area contributed by atoms with Gasteiger partial charge in [-0.3, -0.25) is 9.58 Å². The molecule has 4 rings (SSSR count). The third-order valence-corrected chi connectivity index (χ3v) is 5.36. The number of rotatable bonds is 4. The molecule has 1 saturated heterocycles. The van der Waals surface area contributed by atoms with Crippen LogP contribution in [0.3, 0.4) is 0 Å². The maximum atomic E-state index is 5.58. The minimum absolute atomic E-state index is 0.428. The zero-order chi connectivity index (χ0) is 16.4. The average molecular weight is 340 g/mol. The summed E-state index contributed by atoms with van der Waals surface area (Å²) in [4.78, 5) is 2.49. The number of thioether (sulfide) groups is 1. The van der Waals surface area contributed by atoms with Crippen LogP contribution in [0.5, 0.6) is 0 Å². The summed E-state index contributed by atoms with van der Waals surface area (Å²) >= 11 is 2.02. The lowest BCUT2D eigenvalue weighted by atomic mass is 10.1. The Morgan fingerprint density at radius 3 is 2.96 bits per heavy atom. The monoisotopic (exact) mass is 340 g/mol. The van der Waals surface area contributed by atoms with Gasteiger partial charge in [-0.25, -0.2) is 0 Å². The molecule has 0 unspecified atom stereocenters. The van der Waals surface area contributed by atoms with Gasteiger partial charge in [-0.2, -0.15) is 16.9 Å². The first-order valence-corrected chi connectivity index (χ1v) is 9.26. The van der Waals surface area contributed by atoms with Gasteiger partial charge in [0.2, 0.25) is 0 Å². The summed E-state index contributed by atoms with van der Waals surface area (Å²) in [5.41, 5.74) is 3.21. The fourth-order valence-electron chi connectivity index (χ4n) is 3.09. The van der Waals surface area contributed by atoms with Crippen molar-refractivity contribution in [2.75, 3.05) is 18.1 Å². The molecule has 1 aliphatic rings. The van der Waals surface area contributed by atoms with E-state index in [2.05, 4.69) is 45.5 Å². The van der Waals surface area contributed by atoms with Crippen molar-refractivity contribution in [2.24, 2.45) is 7.05 Å². The van der Waals surface area contributed by atoms with E-state index < -0.39 is 0 Å². The van der Waals surface area contributed by atoms with Crippen LogP contribution in [0.4, 0.5) is 0 Å². The molecule has 3 heterocycles. The average Bonchev–Trinajstić information content (AvgIpc) is 3.25.